The van der Waals surface area contributed by atoms with Crippen LogP contribution in [0, 0.1) is 10.1 Å². The van der Waals surface area contributed by atoms with Gasteiger partial charge < -0.3 is 4.74 Å². The van der Waals surface area contributed by atoms with Crippen LogP contribution in [0.2, 0.25) is 0 Å². The summed E-state index contributed by atoms with van der Waals surface area (Å²) >= 11 is 3.41. The number of aromatic nitrogens is 3. The molecule has 9 nitrogen and oxygen atoms in total. The molecule has 0 radical (unpaired) electrons. The normalized spacial score (nSPS) is 12.2. The summed E-state index contributed by atoms with van der Waals surface area (Å²) in [5.74, 6) is 1.39. The summed E-state index contributed by atoms with van der Waals surface area (Å²) in [5, 5.41) is 15.7. The minimum absolute atomic E-state index is 0.0443. The van der Waals surface area contributed by atoms with Crippen molar-refractivity contribution in [2.24, 2.45) is 5.10 Å². The van der Waals surface area contributed by atoms with Crippen molar-refractivity contribution in [3.8, 4) is 11.6 Å². The maximum absolute atomic E-state index is 13.2. The number of hydrogen-bond donors (Lipinski definition) is 0. The number of nitrogens with zero attached hydrogens (tertiary/aromatic N) is 5. The number of ether oxygens (including phenoxy) is 1. The second kappa shape index (κ2) is 9.92. The van der Waals surface area contributed by atoms with Gasteiger partial charge in [0.1, 0.15) is 17.8 Å². The monoisotopic (exact) mass is 521 g/mol. The van der Waals surface area contributed by atoms with Gasteiger partial charge >= 0.3 is 0 Å². The van der Waals surface area contributed by atoms with Gasteiger partial charge in [-0.1, -0.05) is 29.8 Å². The number of benzene rings is 2. The quantitative estimate of drug-likeness (QED) is 0.176. The van der Waals surface area contributed by atoms with Gasteiger partial charge in [0.25, 0.3) is 11.2 Å². The Bertz CT molecular complexity index is 1430. The lowest BCUT2D eigenvalue weighted by atomic mass is 10.1. The zero-order valence-electron chi connectivity index (χ0n) is 18.4. The van der Waals surface area contributed by atoms with Crippen molar-refractivity contribution >= 4 is 38.7 Å². The van der Waals surface area contributed by atoms with Crippen molar-refractivity contribution in [1.82, 2.24) is 14.6 Å². The molecular formula is C24H20BrN5O4. The van der Waals surface area contributed by atoms with Crippen LogP contribution < -0.4 is 10.3 Å². The Hall–Kier alpha value is -3.92. The van der Waals surface area contributed by atoms with E-state index in [1.165, 1.54) is 16.8 Å². The molecule has 0 fully saturated rings. The van der Waals surface area contributed by atoms with Crippen LogP contribution in [0.1, 0.15) is 37.6 Å². The summed E-state index contributed by atoms with van der Waals surface area (Å²) in [6.45, 7) is 4.05. The largest absolute Gasteiger partial charge is 0.439 e. The molecule has 0 aliphatic heterocycles. The average Bonchev–Trinajstić information content (AvgIpc) is 2.84. The molecule has 2 heterocycles. The highest BCUT2D eigenvalue weighted by Crippen LogP contribution is 2.22. The van der Waals surface area contributed by atoms with Crippen LogP contribution in [0.3, 0.4) is 0 Å². The van der Waals surface area contributed by atoms with Gasteiger partial charge in [0.2, 0.25) is 5.88 Å². The average molecular weight is 522 g/mol. The Morgan fingerprint density at radius 3 is 2.62 bits per heavy atom. The molecule has 34 heavy (non-hydrogen) atoms. The van der Waals surface area contributed by atoms with Crippen LogP contribution in [0.25, 0.3) is 10.9 Å². The standard InChI is InChI=1S/C24H20BrN5O4/c1-3-15(2)23-28-21-10-6-17(25)12-20(21)24(31)29(23)27-13-16-4-8-19(9-5-16)34-22-11-7-18(14-26-22)30(32)33/h4-15H,3H2,1-2H3/t15-/m1/s1. The van der Waals surface area contributed by atoms with Crippen LogP contribution in [0.5, 0.6) is 11.6 Å². The summed E-state index contributed by atoms with van der Waals surface area (Å²) in [6.07, 6.45) is 3.54. The maximum atomic E-state index is 13.2. The fourth-order valence-corrected chi connectivity index (χ4v) is 3.55. The van der Waals surface area contributed by atoms with Gasteiger partial charge in [-0.15, -0.1) is 0 Å². The van der Waals surface area contributed by atoms with Gasteiger partial charge in [-0.25, -0.2) is 9.97 Å². The smallest absolute Gasteiger partial charge is 0.287 e. The molecule has 0 unspecified atom stereocenters. The molecule has 0 amide bonds. The van der Waals surface area contributed by atoms with E-state index in [0.717, 1.165) is 22.7 Å². The predicted octanol–water partition coefficient (Wildman–Crippen LogP) is 5.65. The van der Waals surface area contributed by atoms with Gasteiger partial charge in [-0.05, 0) is 54.4 Å². The molecule has 0 saturated carbocycles. The van der Waals surface area contributed by atoms with Crippen LogP contribution in [0.4, 0.5) is 5.69 Å². The molecule has 172 valence electrons. The summed E-state index contributed by atoms with van der Waals surface area (Å²) in [6, 6.07) is 15.2. The molecule has 2 aromatic carbocycles. The summed E-state index contributed by atoms with van der Waals surface area (Å²) in [5.41, 5.74) is 1.04. The van der Waals surface area contributed by atoms with E-state index in [1.54, 1.807) is 36.5 Å². The van der Waals surface area contributed by atoms with Crippen LogP contribution in [0.15, 0.2) is 75.2 Å². The molecule has 0 aliphatic carbocycles. The number of pyridine rings is 1. The summed E-state index contributed by atoms with van der Waals surface area (Å²) in [4.78, 5) is 32.0. The molecule has 0 bridgehead atoms. The number of fused-ring (bicyclic) bond motifs is 1. The molecular weight excluding hydrogens is 502 g/mol. The Kier molecular flexibility index (Phi) is 6.78. The van der Waals surface area contributed by atoms with E-state index in [4.69, 9.17) is 9.72 Å². The van der Waals surface area contributed by atoms with Gasteiger partial charge in [-0.2, -0.15) is 9.78 Å². The lowest BCUT2D eigenvalue weighted by Gasteiger charge is -2.14. The molecule has 4 rings (SSSR count). The van der Waals surface area contributed by atoms with E-state index < -0.39 is 4.92 Å². The van der Waals surface area contributed by atoms with E-state index in [9.17, 15) is 14.9 Å². The highest BCUT2D eigenvalue weighted by Gasteiger charge is 2.15. The molecule has 2 aromatic heterocycles. The fourth-order valence-electron chi connectivity index (χ4n) is 3.19. The fraction of sp³-hybridized carbons (Fsp3) is 0.167. The first kappa shape index (κ1) is 23.2. The Morgan fingerprint density at radius 1 is 1.21 bits per heavy atom. The molecule has 0 saturated heterocycles. The Morgan fingerprint density at radius 2 is 1.97 bits per heavy atom. The van der Waals surface area contributed by atoms with Crippen LogP contribution >= 0.6 is 15.9 Å². The van der Waals surface area contributed by atoms with Crippen molar-refractivity contribution in [3.05, 3.63) is 97.1 Å². The molecule has 0 N–H and O–H groups in total. The third-order valence-electron chi connectivity index (χ3n) is 5.24. The van der Waals surface area contributed by atoms with Gasteiger partial charge in [0, 0.05) is 22.5 Å². The van der Waals surface area contributed by atoms with Crippen molar-refractivity contribution in [3.63, 3.8) is 0 Å². The van der Waals surface area contributed by atoms with Gasteiger partial charge in [-0.3, -0.25) is 14.9 Å². The summed E-state index contributed by atoms with van der Waals surface area (Å²) in [7, 11) is 0. The zero-order valence-corrected chi connectivity index (χ0v) is 20.0. The second-order valence-electron chi connectivity index (χ2n) is 7.59. The second-order valence-corrected chi connectivity index (χ2v) is 8.50. The lowest BCUT2D eigenvalue weighted by Crippen LogP contribution is -2.23. The minimum atomic E-state index is -0.521. The van der Waals surface area contributed by atoms with E-state index >= 15 is 0 Å². The van der Waals surface area contributed by atoms with Crippen molar-refractivity contribution in [2.45, 2.75) is 26.2 Å². The third-order valence-corrected chi connectivity index (χ3v) is 5.74. The van der Waals surface area contributed by atoms with Crippen LogP contribution in [-0.4, -0.2) is 25.8 Å². The molecule has 10 heteroatoms. The summed E-state index contributed by atoms with van der Waals surface area (Å²) < 4.78 is 7.78. The highest BCUT2D eigenvalue weighted by molar-refractivity contribution is 9.10. The third kappa shape index (κ3) is 5.01. The SMILES string of the molecule is CC[C@@H](C)c1nc2ccc(Br)cc2c(=O)n1N=Cc1ccc(Oc2ccc([N+](=O)[O-])cn2)cc1. The van der Waals surface area contributed by atoms with E-state index in [2.05, 4.69) is 26.0 Å². The van der Waals surface area contributed by atoms with Gasteiger partial charge in [0.05, 0.1) is 22.0 Å². The van der Waals surface area contributed by atoms with Crippen molar-refractivity contribution in [2.75, 3.05) is 0 Å². The van der Waals surface area contributed by atoms with Crippen molar-refractivity contribution < 1.29 is 9.66 Å². The predicted molar refractivity (Wildman–Crippen MR) is 133 cm³/mol. The molecule has 1 atom stereocenters. The zero-order chi connectivity index (χ0) is 24.2. The lowest BCUT2D eigenvalue weighted by molar-refractivity contribution is -0.385. The number of nitro groups is 1. The van der Waals surface area contributed by atoms with E-state index in [1.807, 2.05) is 26.0 Å². The van der Waals surface area contributed by atoms with Crippen LogP contribution in [-0.2, 0) is 0 Å². The molecule has 4 aromatic rings. The van der Waals surface area contributed by atoms with E-state index in [0.29, 0.717) is 22.5 Å². The van der Waals surface area contributed by atoms with E-state index in [-0.39, 0.29) is 23.0 Å². The number of rotatable bonds is 7. The van der Waals surface area contributed by atoms with Gasteiger partial charge in [0.15, 0.2) is 0 Å². The highest BCUT2D eigenvalue weighted by atomic mass is 79.9. The Balaban J connectivity index is 1.60. The first-order chi connectivity index (χ1) is 16.4. The number of halogens is 1. The van der Waals surface area contributed by atoms with Crippen molar-refractivity contribution in [1.29, 1.82) is 0 Å². The topological polar surface area (TPSA) is 113 Å². The molecule has 0 spiro atoms. The number of hydrogen-bond acceptors (Lipinski definition) is 7. The molecule has 0 aliphatic rings. The maximum Gasteiger partial charge on any atom is 0.287 e. The minimum Gasteiger partial charge on any atom is -0.439 e. The first-order valence-corrected chi connectivity index (χ1v) is 11.3. The first-order valence-electron chi connectivity index (χ1n) is 10.5. The Labute approximate surface area is 203 Å².